The van der Waals surface area contributed by atoms with Crippen LogP contribution < -0.4 is 0 Å². The molecule has 1 aliphatic rings. The average molecular weight is 245 g/mol. The molecule has 0 atom stereocenters. The van der Waals surface area contributed by atoms with E-state index >= 15 is 0 Å². The first-order chi connectivity index (χ1) is 7.20. The summed E-state index contributed by atoms with van der Waals surface area (Å²) >= 11 is 8.16. The fourth-order valence-corrected chi connectivity index (χ4v) is 3.61. The second-order valence-corrected chi connectivity index (χ2v) is 5.87. The summed E-state index contributed by atoms with van der Waals surface area (Å²) in [7, 11) is 0. The summed E-state index contributed by atoms with van der Waals surface area (Å²) in [6, 6.07) is 0.407. The van der Waals surface area contributed by atoms with Crippen molar-refractivity contribution in [3.8, 4) is 0 Å². The van der Waals surface area contributed by atoms with Gasteiger partial charge in [-0.25, -0.2) is 4.98 Å². The first-order valence-corrected chi connectivity index (χ1v) is 7.03. The summed E-state index contributed by atoms with van der Waals surface area (Å²) in [6.45, 7) is 4.32. The quantitative estimate of drug-likeness (QED) is 0.789. The van der Waals surface area contributed by atoms with Gasteiger partial charge in [0.25, 0.3) is 0 Å². The topological polar surface area (TPSA) is 17.8 Å². The van der Waals surface area contributed by atoms with E-state index in [9.17, 15) is 0 Å². The Balaban J connectivity index is 2.26. The minimum atomic E-state index is 0.407. The zero-order chi connectivity index (χ0) is 10.8. The first-order valence-electron chi connectivity index (χ1n) is 5.50. The van der Waals surface area contributed by atoms with Gasteiger partial charge in [-0.15, -0.1) is 0 Å². The molecule has 0 N–H and O–H groups in total. The fraction of sp³-hybridized carbons (Fsp3) is 0.727. The molecule has 4 heteroatoms. The molecule has 2 heterocycles. The molecule has 2 nitrogen and oxygen atoms in total. The number of nitrogens with zero attached hydrogens (tertiary/aromatic N) is 2. The Labute approximate surface area is 100 Å². The van der Waals surface area contributed by atoms with Crippen molar-refractivity contribution in [1.82, 2.24) is 9.55 Å². The van der Waals surface area contributed by atoms with E-state index in [0.29, 0.717) is 17.2 Å². The smallest absolute Gasteiger partial charge is 0.203 e. The molecule has 1 aromatic heterocycles. The maximum absolute atomic E-state index is 6.11. The van der Waals surface area contributed by atoms with Crippen LogP contribution in [0.25, 0.3) is 0 Å². The van der Waals surface area contributed by atoms with Crippen molar-refractivity contribution < 1.29 is 0 Å². The lowest BCUT2D eigenvalue weighted by atomic mass is 9.99. The molecule has 0 saturated carbocycles. The lowest BCUT2D eigenvalue weighted by Crippen LogP contribution is -2.14. The Bertz CT molecular complexity index is 329. The van der Waals surface area contributed by atoms with Crippen molar-refractivity contribution in [2.45, 2.75) is 38.6 Å². The van der Waals surface area contributed by atoms with Crippen LogP contribution >= 0.6 is 23.4 Å². The molecule has 0 unspecified atom stereocenters. The van der Waals surface area contributed by atoms with Crippen molar-refractivity contribution >= 4 is 23.4 Å². The third kappa shape index (κ3) is 2.34. The second-order valence-electron chi connectivity index (χ2n) is 4.30. The van der Waals surface area contributed by atoms with Crippen molar-refractivity contribution in [1.29, 1.82) is 0 Å². The van der Waals surface area contributed by atoms with Gasteiger partial charge in [-0.05, 0) is 49.8 Å². The zero-order valence-electron chi connectivity index (χ0n) is 9.24. The van der Waals surface area contributed by atoms with Crippen molar-refractivity contribution in [2.75, 3.05) is 11.5 Å². The highest BCUT2D eigenvalue weighted by Crippen LogP contribution is 2.34. The summed E-state index contributed by atoms with van der Waals surface area (Å²) in [5, 5.41) is 0.637. The van der Waals surface area contributed by atoms with Crippen molar-refractivity contribution in [2.24, 2.45) is 0 Å². The lowest BCUT2D eigenvalue weighted by molar-refractivity contribution is 0.519. The van der Waals surface area contributed by atoms with E-state index in [1.807, 2.05) is 6.20 Å². The molecule has 0 aliphatic carbocycles. The highest BCUT2D eigenvalue weighted by atomic mass is 35.5. The van der Waals surface area contributed by atoms with Gasteiger partial charge in [0.15, 0.2) is 0 Å². The number of rotatable bonds is 2. The fourth-order valence-electron chi connectivity index (χ4n) is 2.16. The minimum Gasteiger partial charge on any atom is -0.316 e. The standard InChI is InChI=1S/C11H17ClN2S/c1-8(2)14-10(7-13-11(14)12)9-3-5-15-6-4-9/h7-9H,3-6H2,1-2H3. The van der Waals surface area contributed by atoms with Gasteiger partial charge in [0.1, 0.15) is 0 Å². The van der Waals surface area contributed by atoms with Crippen LogP contribution in [0.3, 0.4) is 0 Å². The van der Waals surface area contributed by atoms with Crippen LogP contribution in [-0.4, -0.2) is 21.1 Å². The Morgan fingerprint density at radius 1 is 1.47 bits per heavy atom. The summed E-state index contributed by atoms with van der Waals surface area (Å²) in [6.07, 6.45) is 4.49. The number of thioether (sulfide) groups is 1. The predicted octanol–water partition coefficient (Wildman–Crippen LogP) is 3.73. The molecule has 84 valence electrons. The molecule has 2 rings (SSSR count). The Morgan fingerprint density at radius 3 is 2.73 bits per heavy atom. The molecule has 0 aromatic carbocycles. The molecule has 0 bridgehead atoms. The second kappa shape index (κ2) is 4.79. The number of halogens is 1. The van der Waals surface area contributed by atoms with E-state index in [2.05, 4.69) is 35.2 Å². The van der Waals surface area contributed by atoms with Crippen LogP contribution in [0.2, 0.25) is 5.28 Å². The van der Waals surface area contributed by atoms with Gasteiger partial charge >= 0.3 is 0 Å². The molecular weight excluding hydrogens is 228 g/mol. The molecule has 0 amide bonds. The number of hydrogen-bond acceptors (Lipinski definition) is 2. The highest BCUT2D eigenvalue weighted by Gasteiger charge is 2.22. The minimum absolute atomic E-state index is 0.407. The van der Waals surface area contributed by atoms with E-state index in [0.717, 1.165) is 0 Å². The van der Waals surface area contributed by atoms with Crippen molar-refractivity contribution in [3.05, 3.63) is 17.2 Å². The molecule has 1 saturated heterocycles. The highest BCUT2D eigenvalue weighted by molar-refractivity contribution is 7.99. The van der Waals surface area contributed by atoms with Gasteiger partial charge in [-0.3, -0.25) is 0 Å². The Morgan fingerprint density at radius 2 is 2.13 bits per heavy atom. The van der Waals surface area contributed by atoms with Gasteiger partial charge in [0.2, 0.25) is 5.28 Å². The predicted molar refractivity (Wildman–Crippen MR) is 66.9 cm³/mol. The summed E-state index contributed by atoms with van der Waals surface area (Å²) < 4.78 is 2.17. The molecule has 15 heavy (non-hydrogen) atoms. The van der Waals surface area contributed by atoms with Gasteiger partial charge in [-0.1, -0.05) is 0 Å². The van der Waals surface area contributed by atoms with Crippen LogP contribution in [0.1, 0.15) is 44.3 Å². The van der Waals surface area contributed by atoms with Crippen molar-refractivity contribution in [3.63, 3.8) is 0 Å². The van der Waals surface area contributed by atoms with Crippen LogP contribution in [0.15, 0.2) is 6.20 Å². The maximum Gasteiger partial charge on any atom is 0.203 e. The van der Waals surface area contributed by atoms with Crippen LogP contribution in [0.5, 0.6) is 0 Å². The third-order valence-corrected chi connectivity index (χ3v) is 4.26. The van der Waals surface area contributed by atoms with E-state index in [-0.39, 0.29) is 0 Å². The number of aromatic nitrogens is 2. The van der Waals surface area contributed by atoms with E-state index in [4.69, 9.17) is 11.6 Å². The Kier molecular flexibility index (Phi) is 3.62. The van der Waals surface area contributed by atoms with Crippen LogP contribution in [0, 0.1) is 0 Å². The monoisotopic (exact) mass is 244 g/mol. The molecular formula is C11H17ClN2S. The van der Waals surface area contributed by atoms with Crippen LogP contribution in [-0.2, 0) is 0 Å². The van der Waals surface area contributed by atoms with Gasteiger partial charge in [-0.2, -0.15) is 11.8 Å². The Hall–Kier alpha value is -0.150. The zero-order valence-corrected chi connectivity index (χ0v) is 10.8. The van der Waals surface area contributed by atoms with Crippen LogP contribution in [0.4, 0.5) is 0 Å². The van der Waals surface area contributed by atoms with Gasteiger partial charge in [0.05, 0.1) is 6.20 Å². The van der Waals surface area contributed by atoms with E-state index in [1.165, 1.54) is 30.0 Å². The van der Waals surface area contributed by atoms with E-state index in [1.54, 1.807) is 0 Å². The lowest BCUT2D eigenvalue weighted by Gasteiger charge is -2.24. The molecule has 1 aromatic rings. The SMILES string of the molecule is CC(C)n1c(C2CCSCC2)cnc1Cl. The first kappa shape index (κ1) is 11.3. The molecule has 0 radical (unpaired) electrons. The van der Waals surface area contributed by atoms with Gasteiger partial charge < -0.3 is 4.57 Å². The van der Waals surface area contributed by atoms with E-state index < -0.39 is 0 Å². The summed E-state index contributed by atoms with van der Waals surface area (Å²) in [5.41, 5.74) is 1.33. The maximum atomic E-state index is 6.11. The number of hydrogen-bond donors (Lipinski definition) is 0. The molecule has 1 fully saturated rings. The van der Waals surface area contributed by atoms with Gasteiger partial charge in [0, 0.05) is 17.7 Å². The third-order valence-electron chi connectivity index (χ3n) is 2.94. The average Bonchev–Trinajstić information content (AvgIpc) is 2.61. The summed E-state index contributed by atoms with van der Waals surface area (Å²) in [4.78, 5) is 4.23. The normalized spacial score (nSPS) is 18.7. The number of imidazole rings is 1. The molecule has 0 spiro atoms. The largest absolute Gasteiger partial charge is 0.316 e. The summed E-state index contributed by atoms with van der Waals surface area (Å²) in [5.74, 6) is 3.20. The molecule has 1 aliphatic heterocycles.